The molecule has 7 heteroatoms. The highest BCUT2D eigenvalue weighted by molar-refractivity contribution is 5.94. The number of nitrogens with one attached hydrogen (secondary N) is 2. The van der Waals surface area contributed by atoms with Gasteiger partial charge in [-0.05, 0) is 37.3 Å². The Balaban J connectivity index is 1.53. The van der Waals surface area contributed by atoms with E-state index in [4.69, 9.17) is 0 Å². The maximum Gasteiger partial charge on any atom is 0.271 e. The molecule has 2 saturated heterocycles. The van der Waals surface area contributed by atoms with Crippen molar-refractivity contribution in [2.24, 2.45) is 5.41 Å². The number of H-pyrrole nitrogens is 1. The molecule has 2 amide bonds. The number of aliphatic hydroxyl groups excluding tert-OH is 1. The van der Waals surface area contributed by atoms with Crippen LogP contribution < -0.4 is 5.32 Å². The van der Waals surface area contributed by atoms with Crippen molar-refractivity contribution in [1.29, 1.82) is 0 Å². The Kier molecular flexibility index (Phi) is 4.93. The van der Waals surface area contributed by atoms with E-state index < -0.39 is 11.5 Å². The molecule has 0 radical (unpaired) electrons. The van der Waals surface area contributed by atoms with Crippen molar-refractivity contribution in [3.63, 3.8) is 0 Å². The van der Waals surface area contributed by atoms with Crippen LogP contribution in [-0.4, -0.2) is 57.8 Å². The number of hydrogen-bond donors (Lipinski definition) is 3. The highest BCUT2D eigenvalue weighted by Crippen LogP contribution is 2.37. The second-order valence-electron chi connectivity index (χ2n) is 7.76. The average Bonchev–Trinajstić information content (AvgIpc) is 3.22. The normalized spacial score (nSPS) is 25.0. The van der Waals surface area contributed by atoms with E-state index in [-0.39, 0.29) is 18.4 Å². The molecular weight excluding hydrogens is 356 g/mol. The Morgan fingerprint density at radius 2 is 2.14 bits per heavy atom. The summed E-state index contributed by atoms with van der Waals surface area (Å²) in [6.45, 7) is 3.39. The van der Waals surface area contributed by atoms with Gasteiger partial charge in [0.2, 0.25) is 5.91 Å². The number of piperidine rings is 2. The van der Waals surface area contributed by atoms with Crippen molar-refractivity contribution >= 4 is 11.8 Å². The first kappa shape index (κ1) is 18.7. The number of benzene rings is 1. The minimum Gasteiger partial charge on any atom is -0.392 e. The Hall–Kier alpha value is -2.67. The lowest BCUT2D eigenvalue weighted by atomic mass is 9.71. The van der Waals surface area contributed by atoms with Crippen molar-refractivity contribution in [2.45, 2.75) is 38.7 Å². The van der Waals surface area contributed by atoms with Crippen LogP contribution in [0.1, 0.15) is 42.2 Å². The predicted molar refractivity (Wildman–Crippen MR) is 105 cm³/mol. The molecule has 0 unspecified atom stereocenters. The zero-order valence-corrected chi connectivity index (χ0v) is 16.1. The Bertz CT molecular complexity index is 876. The Labute approximate surface area is 164 Å². The molecule has 2 fully saturated rings. The summed E-state index contributed by atoms with van der Waals surface area (Å²) in [5.41, 5.74) is 2.42. The van der Waals surface area contributed by atoms with Crippen molar-refractivity contribution < 1.29 is 14.7 Å². The summed E-state index contributed by atoms with van der Waals surface area (Å²) in [7, 11) is 0. The molecule has 0 bridgehead atoms. The molecule has 2 atom stereocenters. The van der Waals surface area contributed by atoms with Gasteiger partial charge in [-0.3, -0.25) is 14.7 Å². The first-order chi connectivity index (χ1) is 13.5. The van der Waals surface area contributed by atoms with Crippen molar-refractivity contribution in [1.82, 2.24) is 20.4 Å². The molecule has 2 aromatic rings. The van der Waals surface area contributed by atoms with E-state index in [0.29, 0.717) is 37.3 Å². The number of aryl methyl sites for hydroxylation is 1. The van der Waals surface area contributed by atoms with E-state index in [1.807, 2.05) is 12.1 Å². The molecule has 1 aromatic heterocycles. The largest absolute Gasteiger partial charge is 0.392 e. The van der Waals surface area contributed by atoms with Crippen molar-refractivity contribution in [3.05, 3.63) is 41.6 Å². The predicted octanol–water partition coefficient (Wildman–Crippen LogP) is 1.74. The van der Waals surface area contributed by atoms with Gasteiger partial charge < -0.3 is 15.3 Å². The Morgan fingerprint density at radius 1 is 1.36 bits per heavy atom. The van der Waals surface area contributed by atoms with Crippen LogP contribution in [0, 0.1) is 5.41 Å². The maximum absolute atomic E-state index is 13.0. The fraction of sp³-hybridized carbons (Fsp3) is 0.476. The maximum atomic E-state index is 13.0. The van der Waals surface area contributed by atoms with Gasteiger partial charge in [0.25, 0.3) is 5.91 Å². The van der Waals surface area contributed by atoms with Crippen LogP contribution in [0.4, 0.5) is 0 Å². The smallest absolute Gasteiger partial charge is 0.271 e. The van der Waals surface area contributed by atoms with Gasteiger partial charge in [-0.2, -0.15) is 5.10 Å². The molecule has 3 heterocycles. The molecule has 2 aliphatic rings. The van der Waals surface area contributed by atoms with Gasteiger partial charge in [-0.1, -0.05) is 31.2 Å². The summed E-state index contributed by atoms with van der Waals surface area (Å²) in [5.74, 6) is -0.335. The summed E-state index contributed by atoms with van der Waals surface area (Å²) >= 11 is 0. The molecule has 28 heavy (non-hydrogen) atoms. The number of carbonyl (C=O) groups excluding carboxylic acids is 2. The lowest BCUT2D eigenvalue weighted by Gasteiger charge is -2.46. The standard InChI is InChI=1S/C21H26N4O3/c1-2-14-4-6-15(7-5-14)16-12-17(24-23-16)19(27)25-11-8-18(26)21(13-25)9-3-10-22-20(21)28/h4-7,12,18,26H,2-3,8-11,13H2,1H3,(H,22,28)(H,23,24)/t18-,21-/m1/s1. The molecular formula is C21H26N4O3. The first-order valence-electron chi connectivity index (χ1n) is 9.94. The van der Waals surface area contributed by atoms with Gasteiger partial charge in [0.15, 0.2) is 0 Å². The molecule has 1 aromatic carbocycles. The molecule has 0 saturated carbocycles. The van der Waals surface area contributed by atoms with Gasteiger partial charge in [-0.25, -0.2) is 0 Å². The van der Waals surface area contributed by atoms with Crippen molar-refractivity contribution in [2.75, 3.05) is 19.6 Å². The highest BCUT2D eigenvalue weighted by Gasteiger charge is 2.50. The lowest BCUT2D eigenvalue weighted by molar-refractivity contribution is -0.147. The van der Waals surface area contributed by atoms with E-state index in [2.05, 4.69) is 34.6 Å². The van der Waals surface area contributed by atoms with Crippen LogP contribution in [0.3, 0.4) is 0 Å². The number of aromatic amines is 1. The Morgan fingerprint density at radius 3 is 2.86 bits per heavy atom. The van der Waals surface area contributed by atoms with Gasteiger partial charge in [0.05, 0.1) is 17.2 Å². The van der Waals surface area contributed by atoms with E-state index in [1.54, 1.807) is 11.0 Å². The third kappa shape index (κ3) is 3.20. The van der Waals surface area contributed by atoms with Crippen LogP contribution in [0.2, 0.25) is 0 Å². The summed E-state index contributed by atoms with van der Waals surface area (Å²) in [5, 5.41) is 20.5. The number of hydrogen-bond acceptors (Lipinski definition) is 4. The van der Waals surface area contributed by atoms with Crippen LogP contribution in [-0.2, 0) is 11.2 Å². The fourth-order valence-corrected chi connectivity index (χ4v) is 4.28. The van der Waals surface area contributed by atoms with Crippen molar-refractivity contribution in [3.8, 4) is 11.3 Å². The van der Waals surface area contributed by atoms with Crippen LogP contribution in [0.5, 0.6) is 0 Å². The lowest BCUT2D eigenvalue weighted by Crippen LogP contribution is -2.62. The van der Waals surface area contributed by atoms with E-state index in [1.165, 1.54) is 5.56 Å². The van der Waals surface area contributed by atoms with E-state index in [9.17, 15) is 14.7 Å². The molecule has 4 rings (SSSR count). The third-order valence-electron chi connectivity index (χ3n) is 6.07. The number of rotatable bonds is 3. The van der Waals surface area contributed by atoms with Crippen LogP contribution in [0.25, 0.3) is 11.3 Å². The zero-order valence-electron chi connectivity index (χ0n) is 16.1. The molecule has 0 aliphatic carbocycles. The number of aliphatic hydroxyl groups is 1. The zero-order chi connectivity index (χ0) is 19.7. The second-order valence-corrected chi connectivity index (χ2v) is 7.76. The number of carbonyl (C=O) groups is 2. The van der Waals surface area contributed by atoms with Crippen LogP contribution >= 0.6 is 0 Å². The fourth-order valence-electron chi connectivity index (χ4n) is 4.28. The SMILES string of the molecule is CCc1ccc(-c2cc(C(=O)N3CC[C@@H](O)[C@@]4(CCCNC4=O)C3)[nH]n2)cc1. The molecule has 2 aliphatic heterocycles. The molecule has 7 nitrogen and oxygen atoms in total. The summed E-state index contributed by atoms with van der Waals surface area (Å²) in [4.78, 5) is 27.2. The monoisotopic (exact) mass is 382 g/mol. The third-order valence-corrected chi connectivity index (χ3v) is 6.07. The highest BCUT2D eigenvalue weighted by atomic mass is 16.3. The quantitative estimate of drug-likeness (QED) is 0.753. The minimum atomic E-state index is -0.898. The second kappa shape index (κ2) is 7.39. The summed E-state index contributed by atoms with van der Waals surface area (Å²) < 4.78 is 0. The molecule has 1 spiro atoms. The molecule has 3 N–H and O–H groups in total. The van der Waals surface area contributed by atoms with Gasteiger partial charge in [0, 0.05) is 25.2 Å². The number of aromatic nitrogens is 2. The van der Waals surface area contributed by atoms with Crippen LogP contribution in [0.15, 0.2) is 30.3 Å². The number of nitrogens with zero attached hydrogens (tertiary/aromatic N) is 2. The van der Waals surface area contributed by atoms with E-state index in [0.717, 1.165) is 18.4 Å². The van der Waals surface area contributed by atoms with Gasteiger partial charge in [0.1, 0.15) is 5.69 Å². The van der Waals surface area contributed by atoms with E-state index >= 15 is 0 Å². The van der Waals surface area contributed by atoms with Gasteiger partial charge >= 0.3 is 0 Å². The number of likely N-dealkylation sites (tertiary alicyclic amines) is 1. The van der Waals surface area contributed by atoms with Gasteiger partial charge in [-0.15, -0.1) is 0 Å². The summed E-state index contributed by atoms with van der Waals surface area (Å²) in [6.07, 6.45) is 2.07. The number of amides is 2. The molecule has 148 valence electrons. The minimum absolute atomic E-state index is 0.148. The average molecular weight is 382 g/mol. The topological polar surface area (TPSA) is 98.3 Å². The first-order valence-corrected chi connectivity index (χ1v) is 9.94. The summed E-state index contributed by atoms with van der Waals surface area (Å²) in [6, 6.07) is 9.87.